The molecule has 0 radical (unpaired) electrons. The van der Waals surface area contributed by atoms with E-state index in [4.69, 9.17) is 9.47 Å². The Morgan fingerprint density at radius 1 is 0.963 bits per heavy atom. The lowest BCUT2D eigenvalue weighted by Gasteiger charge is -2.40. The monoisotopic (exact) mass is 365 g/mol. The summed E-state index contributed by atoms with van der Waals surface area (Å²) in [5.74, 6) is 2.34. The summed E-state index contributed by atoms with van der Waals surface area (Å²) in [7, 11) is 0. The van der Waals surface area contributed by atoms with Gasteiger partial charge in [-0.1, -0.05) is 19.1 Å². The molecule has 1 unspecified atom stereocenters. The summed E-state index contributed by atoms with van der Waals surface area (Å²) < 4.78 is 11.9. The van der Waals surface area contributed by atoms with Crippen LogP contribution >= 0.6 is 0 Å². The molecule has 2 aromatic rings. The average molecular weight is 365 g/mol. The molecule has 0 amide bonds. The first-order valence-corrected chi connectivity index (χ1v) is 9.84. The number of ether oxygens (including phenoxy) is 2. The lowest BCUT2D eigenvalue weighted by molar-refractivity contribution is -0.117. The van der Waals surface area contributed by atoms with Crippen LogP contribution in [0.15, 0.2) is 48.5 Å². The van der Waals surface area contributed by atoms with E-state index in [9.17, 15) is 4.79 Å². The Morgan fingerprint density at radius 3 is 2.07 bits per heavy atom. The first-order chi connectivity index (χ1) is 13.1. The molecule has 1 aliphatic carbocycles. The number of rotatable bonds is 8. The average Bonchev–Trinajstić information content (AvgIpc) is 3.43. The Balaban J connectivity index is 1.25. The summed E-state index contributed by atoms with van der Waals surface area (Å²) in [6.07, 6.45) is 3.61. The fraction of sp³-hybridized carbons (Fsp3) is 0.435. The van der Waals surface area contributed by atoms with Crippen LogP contribution < -0.4 is 14.4 Å². The Bertz CT molecular complexity index is 774. The number of anilines is 1. The molecule has 0 bridgehead atoms. The van der Waals surface area contributed by atoms with E-state index in [-0.39, 0.29) is 17.8 Å². The molecule has 2 aromatic carbocycles. The molecule has 1 atom stereocenters. The molecular weight excluding hydrogens is 338 g/mol. The number of hydrogen-bond acceptors (Lipinski definition) is 4. The van der Waals surface area contributed by atoms with E-state index in [1.165, 1.54) is 24.1 Å². The Labute approximate surface area is 161 Å². The molecule has 27 heavy (non-hydrogen) atoms. The van der Waals surface area contributed by atoms with Gasteiger partial charge in [0.15, 0.2) is 0 Å². The van der Waals surface area contributed by atoms with Crippen molar-refractivity contribution in [2.45, 2.75) is 51.2 Å². The van der Waals surface area contributed by atoms with Crippen LogP contribution in [0.5, 0.6) is 11.5 Å². The number of Topliss-reactive ketones (excluding diaryl/α,β-unsaturated/α-hetero) is 1. The molecule has 1 saturated heterocycles. The number of ketones is 1. The maximum Gasteiger partial charge on any atom is 0.133 e. The van der Waals surface area contributed by atoms with E-state index in [1.807, 2.05) is 12.1 Å². The topological polar surface area (TPSA) is 38.8 Å². The second-order valence-electron chi connectivity index (χ2n) is 7.83. The van der Waals surface area contributed by atoms with Crippen LogP contribution in [0.2, 0.25) is 0 Å². The van der Waals surface area contributed by atoms with Gasteiger partial charge < -0.3 is 19.2 Å². The Kier molecular flexibility index (Phi) is 5.06. The van der Waals surface area contributed by atoms with Crippen LogP contribution in [-0.2, 0) is 4.79 Å². The summed E-state index contributed by atoms with van der Waals surface area (Å²) in [5, 5.41) is 0. The number of carbonyl (C=O) groups excluding carboxylic acids is 1. The third-order valence-corrected chi connectivity index (χ3v) is 5.22. The van der Waals surface area contributed by atoms with Crippen molar-refractivity contribution in [3.63, 3.8) is 0 Å². The van der Waals surface area contributed by atoms with Crippen LogP contribution in [0.1, 0.15) is 44.6 Å². The minimum absolute atomic E-state index is 0.216. The van der Waals surface area contributed by atoms with Gasteiger partial charge in [-0.05, 0) is 67.6 Å². The highest BCUT2D eigenvalue weighted by molar-refractivity contribution is 5.76. The molecule has 1 saturated carbocycles. The molecule has 4 nitrogen and oxygen atoms in total. The lowest BCUT2D eigenvalue weighted by Crippen LogP contribution is -2.54. The molecule has 1 heterocycles. The fourth-order valence-corrected chi connectivity index (χ4v) is 3.45. The molecule has 142 valence electrons. The minimum atomic E-state index is 0.216. The van der Waals surface area contributed by atoms with Gasteiger partial charge in [-0.2, -0.15) is 0 Å². The molecule has 2 aliphatic rings. The van der Waals surface area contributed by atoms with E-state index in [2.05, 4.69) is 48.2 Å². The number of nitrogens with zero attached hydrogens (tertiary/aromatic N) is 1. The summed E-state index contributed by atoms with van der Waals surface area (Å²) in [6, 6.07) is 16.5. The second-order valence-corrected chi connectivity index (χ2v) is 7.83. The third kappa shape index (κ3) is 4.62. The van der Waals surface area contributed by atoms with Gasteiger partial charge in [-0.25, -0.2) is 0 Å². The predicted octanol–water partition coefficient (Wildman–Crippen LogP) is 4.58. The maximum atomic E-state index is 11.3. The van der Waals surface area contributed by atoms with Gasteiger partial charge in [-0.15, -0.1) is 0 Å². The maximum absolute atomic E-state index is 11.3. The van der Waals surface area contributed by atoms with Crippen LogP contribution in [0, 0.1) is 0 Å². The number of hydrogen-bond donors (Lipinski definition) is 0. The molecule has 1 aliphatic heterocycles. The smallest absolute Gasteiger partial charge is 0.133 e. The van der Waals surface area contributed by atoms with Crippen molar-refractivity contribution >= 4 is 11.5 Å². The molecule has 0 spiro atoms. The molecule has 0 N–H and O–H groups in total. The van der Waals surface area contributed by atoms with Gasteiger partial charge in [0.2, 0.25) is 0 Å². The highest BCUT2D eigenvalue weighted by atomic mass is 16.5. The summed E-state index contributed by atoms with van der Waals surface area (Å²) >= 11 is 0. The van der Waals surface area contributed by atoms with Crippen molar-refractivity contribution in [3.05, 3.63) is 54.1 Å². The molecule has 4 heteroatoms. The summed E-state index contributed by atoms with van der Waals surface area (Å²) in [5.41, 5.74) is 2.40. The third-order valence-electron chi connectivity index (χ3n) is 5.22. The van der Waals surface area contributed by atoms with Gasteiger partial charge in [-0.3, -0.25) is 0 Å². The van der Waals surface area contributed by atoms with Crippen LogP contribution in [0.3, 0.4) is 0 Å². The molecular formula is C23H27NO3. The second kappa shape index (κ2) is 7.63. The molecule has 4 rings (SSSR count). The van der Waals surface area contributed by atoms with E-state index in [0.717, 1.165) is 24.6 Å². The van der Waals surface area contributed by atoms with Crippen molar-refractivity contribution in [1.29, 1.82) is 0 Å². The zero-order chi connectivity index (χ0) is 18.8. The largest absolute Gasteiger partial charge is 0.490 e. The van der Waals surface area contributed by atoms with Crippen LogP contribution in [0.25, 0.3) is 0 Å². The van der Waals surface area contributed by atoms with Crippen molar-refractivity contribution in [3.8, 4) is 11.5 Å². The van der Waals surface area contributed by atoms with Gasteiger partial charge in [0.05, 0.1) is 19.2 Å². The normalized spacial score (nSPS) is 17.9. The Hall–Kier alpha value is -2.49. The quantitative estimate of drug-likeness (QED) is 0.686. The van der Waals surface area contributed by atoms with E-state index in [1.54, 1.807) is 6.92 Å². The number of benzene rings is 2. The van der Waals surface area contributed by atoms with Crippen molar-refractivity contribution in [1.82, 2.24) is 0 Å². The van der Waals surface area contributed by atoms with E-state index in [0.29, 0.717) is 12.5 Å². The SMILES string of the molecule is CC(=O)CC(C)c1ccc(OC2CN(c3ccc(OC4CC4)cc3)C2)cc1. The highest BCUT2D eigenvalue weighted by Crippen LogP contribution is 2.30. The van der Waals surface area contributed by atoms with Crippen LogP contribution in [0.4, 0.5) is 5.69 Å². The summed E-state index contributed by atoms with van der Waals surface area (Å²) in [6.45, 7) is 5.52. The fourth-order valence-electron chi connectivity index (χ4n) is 3.45. The first kappa shape index (κ1) is 17.9. The highest BCUT2D eigenvalue weighted by Gasteiger charge is 2.29. The van der Waals surface area contributed by atoms with E-state index >= 15 is 0 Å². The van der Waals surface area contributed by atoms with Crippen molar-refractivity contribution < 1.29 is 14.3 Å². The Morgan fingerprint density at radius 2 is 1.52 bits per heavy atom. The van der Waals surface area contributed by atoms with Gasteiger partial charge in [0, 0.05) is 12.1 Å². The number of carbonyl (C=O) groups is 1. The van der Waals surface area contributed by atoms with Crippen LogP contribution in [-0.4, -0.2) is 31.1 Å². The van der Waals surface area contributed by atoms with Crippen molar-refractivity contribution in [2.24, 2.45) is 0 Å². The standard InChI is InChI=1S/C23H27NO3/c1-16(13-17(2)25)18-3-7-20(8-4-18)27-23-14-24(15-23)19-5-9-21(10-6-19)26-22-11-12-22/h3-10,16,22-23H,11-15H2,1-2H3. The van der Waals surface area contributed by atoms with Gasteiger partial charge >= 0.3 is 0 Å². The van der Waals surface area contributed by atoms with E-state index < -0.39 is 0 Å². The zero-order valence-corrected chi connectivity index (χ0v) is 16.1. The molecule has 2 fully saturated rings. The first-order valence-electron chi connectivity index (χ1n) is 9.84. The molecule has 0 aromatic heterocycles. The summed E-state index contributed by atoms with van der Waals surface area (Å²) in [4.78, 5) is 13.6. The minimum Gasteiger partial charge on any atom is -0.490 e. The zero-order valence-electron chi connectivity index (χ0n) is 16.1. The van der Waals surface area contributed by atoms with Crippen molar-refractivity contribution in [2.75, 3.05) is 18.0 Å². The predicted molar refractivity (Wildman–Crippen MR) is 107 cm³/mol. The lowest BCUT2D eigenvalue weighted by atomic mass is 9.96. The van der Waals surface area contributed by atoms with Gasteiger partial charge in [0.1, 0.15) is 23.4 Å². The van der Waals surface area contributed by atoms with Gasteiger partial charge in [0.25, 0.3) is 0 Å².